The van der Waals surface area contributed by atoms with Gasteiger partial charge in [-0.25, -0.2) is 0 Å². The minimum absolute atomic E-state index is 0.508. The Hall–Kier alpha value is -1.33. The van der Waals surface area contributed by atoms with Crippen molar-refractivity contribution in [2.75, 3.05) is 11.4 Å². The zero-order valence-electron chi connectivity index (χ0n) is 11.1. The van der Waals surface area contributed by atoms with Crippen LogP contribution in [0.2, 0.25) is 0 Å². The van der Waals surface area contributed by atoms with Crippen LogP contribution >= 0.6 is 12.2 Å². The highest BCUT2D eigenvalue weighted by Crippen LogP contribution is 2.35. The van der Waals surface area contributed by atoms with Gasteiger partial charge in [0.25, 0.3) is 6.41 Å². The summed E-state index contributed by atoms with van der Waals surface area (Å²) in [6.45, 7) is 3.01. The molecule has 0 radical (unpaired) electrons. The minimum atomic E-state index is -1.03. The van der Waals surface area contributed by atoms with Crippen LogP contribution in [0, 0.1) is 0 Å². The number of unbranched alkanes of at least 4 members (excludes halogenated alkanes) is 3. The molecule has 1 aliphatic rings. The largest absolute Gasteiger partial charge is 0.444 e. The molecule has 0 aliphatic carbocycles. The molecule has 0 saturated carbocycles. The van der Waals surface area contributed by atoms with Crippen LogP contribution in [-0.2, 0) is 0 Å². The second-order valence-corrected chi connectivity index (χ2v) is 4.96. The smallest absolute Gasteiger partial charge is 0.287 e. The fraction of sp³-hybridized carbons (Fsp3) is 0.500. The molecule has 1 aromatic carbocycles. The number of thiocarbonyl (C=S) groups is 1. The van der Waals surface area contributed by atoms with E-state index in [-0.39, 0.29) is 0 Å². The second kappa shape index (κ2) is 6.73. The zero-order valence-corrected chi connectivity index (χ0v) is 11.9. The molecular weight excluding hydrogens is 260 g/mol. The van der Waals surface area contributed by atoms with Crippen LogP contribution in [0.5, 0.6) is 5.75 Å². The van der Waals surface area contributed by atoms with Crippen molar-refractivity contribution in [3.8, 4) is 5.75 Å². The van der Waals surface area contributed by atoms with Gasteiger partial charge in [0.15, 0.2) is 5.11 Å². The molecule has 104 valence electrons. The second-order valence-electron chi connectivity index (χ2n) is 4.57. The molecule has 5 heteroatoms. The number of nitrogens with one attached hydrogen (secondary N) is 1. The molecule has 19 heavy (non-hydrogen) atoms. The van der Waals surface area contributed by atoms with Crippen molar-refractivity contribution in [2.24, 2.45) is 0 Å². The SMILES string of the molecule is CCCCCCNC(=S)N1c2ccccc2OC1O. The Kier molecular flexibility index (Phi) is 4.99. The maximum atomic E-state index is 9.90. The molecule has 2 N–H and O–H groups in total. The molecule has 0 amide bonds. The molecule has 0 spiro atoms. The van der Waals surface area contributed by atoms with Gasteiger partial charge in [-0.1, -0.05) is 38.3 Å². The maximum Gasteiger partial charge on any atom is 0.287 e. The van der Waals surface area contributed by atoms with E-state index < -0.39 is 6.41 Å². The minimum Gasteiger partial charge on any atom is -0.444 e. The Morgan fingerprint density at radius 2 is 2.16 bits per heavy atom. The van der Waals surface area contributed by atoms with Crippen LogP contribution in [0.1, 0.15) is 32.6 Å². The lowest BCUT2D eigenvalue weighted by atomic mass is 10.2. The third kappa shape index (κ3) is 3.36. The van der Waals surface area contributed by atoms with Gasteiger partial charge in [-0.15, -0.1) is 0 Å². The van der Waals surface area contributed by atoms with Gasteiger partial charge in [0, 0.05) is 6.54 Å². The van der Waals surface area contributed by atoms with E-state index in [1.54, 1.807) is 4.90 Å². The molecule has 0 bridgehead atoms. The Balaban J connectivity index is 1.89. The number of hydrogen-bond donors (Lipinski definition) is 2. The van der Waals surface area contributed by atoms with E-state index in [0.29, 0.717) is 10.9 Å². The third-order valence-corrected chi connectivity index (χ3v) is 3.44. The number of aliphatic hydroxyl groups is 1. The highest BCUT2D eigenvalue weighted by molar-refractivity contribution is 7.80. The molecule has 0 saturated heterocycles. The summed E-state index contributed by atoms with van der Waals surface area (Å²) in [7, 11) is 0. The highest BCUT2D eigenvalue weighted by Gasteiger charge is 2.31. The highest BCUT2D eigenvalue weighted by atomic mass is 32.1. The van der Waals surface area contributed by atoms with Crippen molar-refractivity contribution in [3.05, 3.63) is 24.3 Å². The molecule has 4 nitrogen and oxygen atoms in total. The summed E-state index contributed by atoms with van der Waals surface area (Å²) < 4.78 is 5.34. The average Bonchev–Trinajstić information content (AvgIpc) is 2.74. The number of ether oxygens (including phenoxy) is 1. The number of para-hydroxylation sites is 2. The molecule has 0 fully saturated rings. The first-order valence-electron chi connectivity index (χ1n) is 6.75. The molecule has 1 atom stereocenters. The lowest BCUT2D eigenvalue weighted by Gasteiger charge is -2.22. The Bertz CT molecular complexity index is 439. The van der Waals surface area contributed by atoms with Gasteiger partial charge in [-0.3, -0.25) is 4.90 Å². The standard InChI is InChI=1S/C14H20N2O2S/c1-2-3-4-7-10-15-13(19)16-11-8-5-6-9-12(11)18-14(16)17/h5-6,8-9,14,17H,2-4,7,10H2,1H3,(H,15,19). The van der Waals surface area contributed by atoms with Crippen molar-refractivity contribution >= 4 is 23.0 Å². The van der Waals surface area contributed by atoms with Gasteiger partial charge in [0.1, 0.15) is 5.75 Å². The molecule has 1 unspecified atom stereocenters. The van der Waals surface area contributed by atoms with Gasteiger partial charge in [-0.2, -0.15) is 0 Å². The quantitative estimate of drug-likeness (QED) is 0.641. The van der Waals surface area contributed by atoms with E-state index in [1.807, 2.05) is 24.3 Å². The Morgan fingerprint density at radius 3 is 2.95 bits per heavy atom. The number of rotatable bonds is 5. The van der Waals surface area contributed by atoms with Crippen LogP contribution in [0.4, 0.5) is 5.69 Å². The van der Waals surface area contributed by atoms with Gasteiger partial charge in [0.2, 0.25) is 0 Å². The van der Waals surface area contributed by atoms with Gasteiger partial charge in [0.05, 0.1) is 5.69 Å². The number of benzene rings is 1. The lowest BCUT2D eigenvalue weighted by molar-refractivity contribution is 0.00688. The van der Waals surface area contributed by atoms with E-state index in [0.717, 1.165) is 18.7 Å². The molecule has 1 heterocycles. The summed E-state index contributed by atoms with van der Waals surface area (Å²) in [5.41, 5.74) is 0.807. The number of fused-ring (bicyclic) bond motifs is 1. The molecule has 1 aromatic rings. The van der Waals surface area contributed by atoms with E-state index in [9.17, 15) is 5.11 Å². The number of aliphatic hydroxyl groups excluding tert-OH is 1. The van der Waals surface area contributed by atoms with Crippen LogP contribution in [0.3, 0.4) is 0 Å². The van der Waals surface area contributed by atoms with E-state index in [4.69, 9.17) is 17.0 Å². The van der Waals surface area contributed by atoms with E-state index >= 15 is 0 Å². The number of anilines is 1. The summed E-state index contributed by atoms with van der Waals surface area (Å²) in [6, 6.07) is 7.48. The zero-order chi connectivity index (χ0) is 13.7. The fourth-order valence-corrected chi connectivity index (χ4v) is 2.37. The fourth-order valence-electron chi connectivity index (χ4n) is 2.08. The Morgan fingerprint density at radius 1 is 1.37 bits per heavy atom. The number of nitrogens with zero attached hydrogens (tertiary/aromatic N) is 1. The van der Waals surface area contributed by atoms with Crippen LogP contribution < -0.4 is 15.0 Å². The third-order valence-electron chi connectivity index (χ3n) is 3.10. The van der Waals surface area contributed by atoms with E-state index in [1.165, 1.54) is 19.3 Å². The summed E-state index contributed by atoms with van der Waals surface area (Å²) in [6.07, 6.45) is 3.71. The van der Waals surface area contributed by atoms with Crippen molar-refractivity contribution in [3.63, 3.8) is 0 Å². The molecule has 1 aliphatic heterocycles. The topological polar surface area (TPSA) is 44.7 Å². The maximum absolute atomic E-state index is 9.90. The van der Waals surface area contributed by atoms with Gasteiger partial charge >= 0.3 is 0 Å². The normalized spacial score (nSPS) is 16.9. The van der Waals surface area contributed by atoms with Crippen molar-refractivity contribution < 1.29 is 9.84 Å². The first-order chi connectivity index (χ1) is 9.24. The van der Waals surface area contributed by atoms with Crippen LogP contribution in [0.25, 0.3) is 0 Å². The van der Waals surface area contributed by atoms with Crippen molar-refractivity contribution in [1.82, 2.24) is 5.32 Å². The number of hydrogen-bond acceptors (Lipinski definition) is 3. The van der Waals surface area contributed by atoms with Crippen LogP contribution in [0.15, 0.2) is 24.3 Å². The Labute approximate surface area is 119 Å². The first kappa shape index (κ1) is 14.1. The summed E-state index contributed by atoms with van der Waals surface area (Å²) >= 11 is 5.32. The lowest BCUT2D eigenvalue weighted by Crippen LogP contribution is -2.45. The summed E-state index contributed by atoms with van der Waals surface area (Å²) in [4.78, 5) is 1.60. The van der Waals surface area contributed by atoms with Crippen molar-refractivity contribution in [1.29, 1.82) is 0 Å². The van der Waals surface area contributed by atoms with Gasteiger partial charge in [-0.05, 0) is 30.8 Å². The van der Waals surface area contributed by atoms with Crippen molar-refractivity contribution in [2.45, 2.75) is 39.0 Å². The summed E-state index contributed by atoms with van der Waals surface area (Å²) in [5.74, 6) is 0.658. The van der Waals surface area contributed by atoms with Crippen LogP contribution in [-0.4, -0.2) is 23.2 Å². The molecule has 0 aromatic heterocycles. The molecule has 2 rings (SSSR count). The predicted molar refractivity (Wildman–Crippen MR) is 80.3 cm³/mol. The first-order valence-corrected chi connectivity index (χ1v) is 7.15. The van der Waals surface area contributed by atoms with Gasteiger partial charge < -0.3 is 15.2 Å². The monoisotopic (exact) mass is 280 g/mol. The molecular formula is C14H20N2O2S. The average molecular weight is 280 g/mol. The summed E-state index contributed by atoms with van der Waals surface area (Å²) in [5, 5.41) is 13.6. The van der Waals surface area contributed by atoms with E-state index in [2.05, 4.69) is 12.2 Å². The predicted octanol–water partition coefficient (Wildman–Crippen LogP) is 2.62.